The normalized spacial score (nSPS) is 19.1. The number of likely N-dealkylation sites (tertiary alicyclic amines) is 1. The number of ether oxygens (including phenoxy) is 1. The number of benzene rings is 1. The molecule has 0 aromatic heterocycles. The fraction of sp³-hybridized carbons (Fsp3) is 0.500. The predicted molar refractivity (Wildman–Crippen MR) is 75.7 cm³/mol. The van der Waals surface area contributed by atoms with E-state index in [1.807, 2.05) is 36.2 Å². The molecule has 1 aliphatic rings. The van der Waals surface area contributed by atoms with Crippen LogP contribution >= 0.6 is 0 Å². The van der Waals surface area contributed by atoms with E-state index >= 15 is 0 Å². The third-order valence-corrected chi connectivity index (χ3v) is 3.46. The predicted octanol–water partition coefficient (Wildman–Crippen LogP) is 1.91. The summed E-state index contributed by atoms with van der Waals surface area (Å²) in [6.07, 6.45) is 2.17. The average molecular weight is 263 g/mol. The van der Waals surface area contributed by atoms with Gasteiger partial charge in [0.25, 0.3) is 0 Å². The number of hydrogen-bond donors (Lipinski definition) is 2. The number of carbonyl (C=O) groups is 1. The number of hydrogen-bond acceptors (Lipinski definition) is 3. The first-order valence-electron chi connectivity index (χ1n) is 6.60. The summed E-state index contributed by atoms with van der Waals surface area (Å²) < 4.78 is 5.09. The first-order chi connectivity index (χ1) is 9.22. The van der Waals surface area contributed by atoms with Gasteiger partial charge in [-0.05, 0) is 44.2 Å². The van der Waals surface area contributed by atoms with Crippen LogP contribution < -0.4 is 15.4 Å². The molecule has 0 spiro atoms. The number of nitrogens with zero attached hydrogens (tertiary/aromatic N) is 1. The van der Waals surface area contributed by atoms with E-state index in [2.05, 4.69) is 10.6 Å². The lowest BCUT2D eigenvalue weighted by Crippen LogP contribution is -2.48. The molecule has 1 saturated heterocycles. The third-order valence-electron chi connectivity index (χ3n) is 3.46. The van der Waals surface area contributed by atoms with Gasteiger partial charge in [0.15, 0.2) is 0 Å². The molecule has 0 bridgehead atoms. The lowest BCUT2D eigenvalue weighted by molar-refractivity contribution is 0.187. The van der Waals surface area contributed by atoms with Crippen molar-refractivity contribution < 1.29 is 9.53 Å². The van der Waals surface area contributed by atoms with E-state index in [1.54, 1.807) is 7.11 Å². The third kappa shape index (κ3) is 3.61. The molecular formula is C14H21N3O2. The highest BCUT2D eigenvalue weighted by Crippen LogP contribution is 2.16. The van der Waals surface area contributed by atoms with E-state index in [0.717, 1.165) is 37.4 Å². The summed E-state index contributed by atoms with van der Waals surface area (Å²) in [7, 11) is 3.56. The maximum Gasteiger partial charge on any atom is 0.321 e. The Morgan fingerprint density at radius 3 is 2.74 bits per heavy atom. The molecule has 1 aliphatic heterocycles. The van der Waals surface area contributed by atoms with Crippen LogP contribution in [0.5, 0.6) is 5.75 Å². The molecule has 1 heterocycles. The Labute approximate surface area is 113 Å². The summed E-state index contributed by atoms with van der Waals surface area (Å²) in [5.74, 6) is 0.784. The minimum absolute atomic E-state index is 0.0369. The number of likely N-dealkylation sites (N-methyl/N-ethyl adjacent to an activating group) is 1. The molecule has 1 aromatic carbocycles. The van der Waals surface area contributed by atoms with Gasteiger partial charge in [-0.3, -0.25) is 0 Å². The fourth-order valence-corrected chi connectivity index (χ4v) is 2.27. The smallest absolute Gasteiger partial charge is 0.321 e. The molecule has 1 fully saturated rings. The molecule has 0 radical (unpaired) electrons. The highest BCUT2D eigenvalue weighted by molar-refractivity contribution is 5.89. The zero-order valence-electron chi connectivity index (χ0n) is 11.5. The molecule has 0 aliphatic carbocycles. The van der Waals surface area contributed by atoms with Crippen LogP contribution in [0.3, 0.4) is 0 Å². The van der Waals surface area contributed by atoms with Gasteiger partial charge in [0.05, 0.1) is 7.11 Å². The Hall–Kier alpha value is -1.75. The summed E-state index contributed by atoms with van der Waals surface area (Å²) in [6, 6.07) is 7.72. The Kier molecular flexibility index (Phi) is 4.63. The first-order valence-corrected chi connectivity index (χ1v) is 6.60. The van der Waals surface area contributed by atoms with E-state index < -0.39 is 0 Å². The number of carbonyl (C=O) groups excluding carboxylic acids is 1. The van der Waals surface area contributed by atoms with Crippen molar-refractivity contribution in [2.75, 3.05) is 32.6 Å². The fourth-order valence-electron chi connectivity index (χ4n) is 2.27. The van der Waals surface area contributed by atoms with Crippen molar-refractivity contribution >= 4 is 11.7 Å². The van der Waals surface area contributed by atoms with Gasteiger partial charge < -0.3 is 20.3 Å². The Bertz CT molecular complexity index is 419. The van der Waals surface area contributed by atoms with E-state index in [0.29, 0.717) is 6.04 Å². The second kappa shape index (κ2) is 6.43. The van der Waals surface area contributed by atoms with Crippen LogP contribution in [0.4, 0.5) is 10.5 Å². The summed E-state index contributed by atoms with van der Waals surface area (Å²) in [4.78, 5) is 14.0. The van der Waals surface area contributed by atoms with Crippen molar-refractivity contribution in [3.05, 3.63) is 24.3 Å². The molecule has 5 nitrogen and oxygen atoms in total. The lowest BCUT2D eigenvalue weighted by Gasteiger charge is -2.32. The van der Waals surface area contributed by atoms with Gasteiger partial charge in [0.2, 0.25) is 0 Å². The van der Waals surface area contributed by atoms with Gasteiger partial charge in [-0.1, -0.05) is 0 Å². The molecule has 5 heteroatoms. The van der Waals surface area contributed by atoms with Gasteiger partial charge in [-0.15, -0.1) is 0 Å². The molecular weight excluding hydrogens is 242 g/mol. The number of amides is 2. The summed E-state index contributed by atoms with van der Waals surface area (Å²) in [5, 5.41) is 6.14. The van der Waals surface area contributed by atoms with E-state index in [4.69, 9.17) is 4.74 Å². The zero-order chi connectivity index (χ0) is 13.7. The van der Waals surface area contributed by atoms with Crippen molar-refractivity contribution in [2.24, 2.45) is 0 Å². The average Bonchev–Trinajstić information content (AvgIpc) is 2.48. The topological polar surface area (TPSA) is 53.6 Å². The summed E-state index contributed by atoms with van der Waals surface area (Å²) >= 11 is 0. The van der Waals surface area contributed by atoms with Gasteiger partial charge in [0.1, 0.15) is 5.75 Å². The van der Waals surface area contributed by atoms with Crippen molar-refractivity contribution in [3.63, 3.8) is 0 Å². The summed E-state index contributed by atoms with van der Waals surface area (Å²) in [5.41, 5.74) is 0.789. The Balaban J connectivity index is 1.92. The Morgan fingerprint density at radius 2 is 2.11 bits per heavy atom. The molecule has 104 valence electrons. The van der Waals surface area contributed by atoms with Crippen LogP contribution in [0.25, 0.3) is 0 Å². The minimum atomic E-state index is -0.0369. The van der Waals surface area contributed by atoms with Gasteiger partial charge in [0, 0.05) is 24.8 Å². The van der Waals surface area contributed by atoms with Crippen LogP contribution in [0.2, 0.25) is 0 Å². The zero-order valence-corrected chi connectivity index (χ0v) is 11.5. The lowest BCUT2D eigenvalue weighted by atomic mass is 10.1. The molecule has 1 unspecified atom stereocenters. The van der Waals surface area contributed by atoms with Gasteiger partial charge >= 0.3 is 6.03 Å². The maximum absolute atomic E-state index is 12.1. The number of anilines is 1. The number of methoxy groups -OCH3 is 1. The van der Waals surface area contributed by atoms with Gasteiger partial charge in [-0.2, -0.15) is 0 Å². The second-order valence-electron chi connectivity index (χ2n) is 4.73. The highest BCUT2D eigenvalue weighted by atomic mass is 16.5. The molecule has 0 saturated carbocycles. The van der Waals surface area contributed by atoms with Crippen LogP contribution in [0, 0.1) is 0 Å². The standard InChI is InChI=1S/C14H21N3O2/c1-15-12-4-3-9-17(10-12)14(18)16-11-5-7-13(19-2)8-6-11/h5-8,12,15H,3-4,9-10H2,1-2H3,(H,16,18). The van der Waals surface area contributed by atoms with Gasteiger partial charge in [-0.25, -0.2) is 4.79 Å². The van der Waals surface area contributed by atoms with Crippen LogP contribution in [-0.2, 0) is 0 Å². The SMILES string of the molecule is CNC1CCCN(C(=O)Nc2ccc(OC)cc2)C1. The first kappa shape index (κ1) is 13.7. The van der Waals surface area contributed by atoms with Crippen LogP contribution in [0.15, 0.2) is 24.3 Å². The number of nitrogens with one attached hydrogen (secondary N) is 2. The van der Waals surface area contributed by atoms with Crippen molar-refractivity contribution in [1.82, 2.24) is 10.2 Å². The molecule has 1 aromatic rings. The number of urea groups is 1. The number of piperidine rings is 1. The molecule has 19 heavy (non-hydrogen) atoms. The Morgan fingerprint density at radius 1 is 1.37 bits per heavy atom. The monoisotopic (exact) mass is 263 g/mol. The maximum atomic E-state index is 12.1. The van der Waals surface area contributed by atoms with E-state index in [-0.39, 0.29) is 6.03 Å². The van der Waals surface area contributed by atoms with Crippen molar-refractivity contribution in [2.45, 2.75) is 18.9 Å². The minimum Gasteiger partial charge on any atom is -0.497 e. The quantitative estimate of drug-likeness (QED) is 0.876. The molecule has 1 atom stereocenters. The summed E-state index contributed by atoms with van der Waals surface area (Å²) in [6.45, 7) is 1.58. The van der Waals surface area contributed by atoms with Crippen LogP contribution in [-0.4, -0.2) is 44.2 Å². The molecule has 2 rings (SSSR count). The molecule has 2 N–H and O–H groups in total. The van der Waals surface area contributed by atoms with E-state index in [9.17, 15) is 4.79 Å². The van der Waals surface area contributed by atoms with Crippen molar-refractivity contribution in [1.29, 1.82) is 0 Å². The second-order valence-corrected chi connectivity index (χ2v) is 4.73. The van der Waals surface area contributed by atoms with Crippen molar-refractivity contribution in [3.8, 4) is 5.75 Å². The molecule has 2 amide bonds. The number of rotatable bonds is 3. The highest BCUT2D eigenvalue weighted by Gasteiger charge is 2.22. The van der Waals surface area contributed by atoms with Crippen LogP contribution in [0.1, 0.15) is 12.8 Å². The largest absolute Gasteiger partial charge is 0.497 e. The van der Waals surface area contributed by atoms with E-state index in [1.165, 1.54) is 0 Å².